The largest absolute Gasteiger partial charge is 0.208 e. The van der Waals surface area contributed by atoms with Gasteiger partial charge in [-0.25, -0.2) is 15.0 Å². The van der Waals surface area contributed by atoms with Gasteiger partial charge in [0.2, 0.25) is 0 Å². The van der Waals surface area contributed by atoms with Crippen LogP contribution in [0.15, 0.2) is 212 Å². The van der Waals surface area contributed by atoms with E-state index in [1.165, 1.54) is 38.1 Å². The fourth-order valence-electron chi connectivity index (χ4n) is 8.30. The van der Waals surface area contributed by atoms with Crippen molar-refractivity contribution in [2.75, 3.05) is 0 Å². The highest BCUT2D eigenvalue weighted by molar-refractivity contribution is 6.02. The molecule has 0 spiro atoms. The van der Waals surface area contributed by atoms with E-state index in [4.69, 9.17) is 15.0 Å². The minimum Gasteiger partial charge on any atom is -0.208 e. The van der Waals surface area contributed by atoms with Gasteiger partial charge in [0.15, 0.2) is 17.5 Å². The third-order valence-electron chi connectivity index (χ3n) is 11.2. The minimum absolute atomic E-state index is 0.629. The normalized spacial score (nSPS) is 11.4. The van der Waals surface area contributed by atoms with Crippen LogP contribution >= 0.6 is 0 Å². The Hall–Kier alpha value is -7.75. The van der Waals surface area contributed by atoms with Crippen LogP contribution in [0.2, 0.25) is 0 Å². The first-order valence-corrected chi connectivity index (χ1v) is 19.7. The number of aromatic nitrogens is 3. The molecule has 0 aliphatic heterocycles. The summed E-state index contributed by atoms with van der Waals surface area (Å²) in [5, 5.41) is 9.51. The number of hydrogen-bond acceptors (Lipinski definition) is 3. The Morgan fingerprint density at radius 3 is 1.41 bits per heavy atom. The second kappa shape index (κ2) is 14.1. The summed E-state index contributed by atoms with van der Waals surface area (Å²) in [6, 6.07) is 75.5. The minimum atomic E-state index is 0.629. The molecular weight excluding hydrogens is 703 g/mol. The van der Waals surface area contributed by atoms with Gasteiger partial charge in [-0.2, -0.15) is 0 Å². The number of hydrogen-bond donors (Lipinski definition) is 0. The molecule has 1 heterocycles. The molecule has 11 rings (SSSR count). The molecule has 11 aromatic rings. The maximum atomic E-state index is 5.26. The standard InChI is InChI=1S/C55H35N3/c1-2-12-36(13-3-1)40-19-10-20-46(32-40)53-56-54(47-29-26-41-31-44(28-25-42(41)33-47)50-23-11-18-38-15-6-8-21-49(38)50)58-55(57-53)48-34-43-17-7-9-22-51(43)52(35-48)45-27-24-37-14-4-5-16-39(37)30-45/h1-35H. The first-order chi connectivity index (χ1) is 28.7. The van der Waals surface area contributed by atoms with E-state index in [0.717, 1.165) is 55.1 Å². The van der Waals surface area contributed by atoms with Gasteiger partial charge in [0, 0.05) is 16.7 Å². The van der Waals surface area contributed by atoms with Crippen LogP contribution in [-0.4, -0.2) is 15.0 Å². The molecule has 0 saturated heterocycles. The molecule has 0 atom stereocenters. The molecule has 0 amide bonds. The second-order valence-electron chi connectivity index (χ2n) is 14.9. The van der Waals surface area contributed by atoms with Crippen molar-refractivity contribution in [3.63, 3.8) is 0 Å². The molecule has 0 N–H and O–H groups in total. The lowest BCUT2D eigenvalue weighted by atomic mass is 9.94. The molecule has 0 radical (unpaired) electrons. The highest BCUT2D eigenvalue weighted by Crippen LogP contribution is 2.37. The third-order valence-corrected chi connectivity index (χ3v) is 11.2. The molecule has 0 fully saturated rings. The quantitative estimate of drug-likeness (QED) is 0.171. The van der Waals surface area contributed by atoms with E-state index in [1.807, 2.05) is 6.07 Å². The van der Waals surface area contributed by atoms with Crippen LogP contribution in [0.5, 0.6) is 0 Å². The molecule has 3 heteroatoms. The summed E-state index contributed by atoms with van der Waals surface area (Å²) >= 11 is 0. The summed E-state index contributed by atoms with van der Waals surface area (Å²) in [5.41, 5.74) is 9.77. The molecule has 0 aliphatic rings. The van der Waals surface area contributed by atoms with Gasteiger partial charge in [0.25, 0.3) is 0 Å². The molecule has 10 aromatic carbocycles. The zero-order valence-corrected chi connectivity index (χ0v) is 31.5. The molecule has 0 saturated carbocycles. The van der Waals surface area contributed by atoms with E-state index in [-0.39, 0.29) is 0 Å². The molecule has 58 heavy (non-hydrogen) atoms. The highest BCUT2D eigenvalue weighted by Gasteiger charge is 2.17. The summed E-state index contributed by atoms with van der Waals surface area (Å²) in [5.74, 6) is 1.89. The van der Waals surface area contributed by atoms with Crippen molar-refractivity contribution < 1.29 is 0 Å². The fraction of sp³-hybridized carbons (Fsp3) is 0. The lowest BCUT2D eigenvalue weighted by molar-refractivity contribution is 1.08. The van der Waals surface area contributed by atoms with E-state index in [1.54, 1.807) is 0 Å². The lowest BCUT2D eigenvalue weighted by Gasteiger charge is -2.13. The maximum Gasteiger partial charge on any atom is 0.164 e. The number of fused-ring (bicyclic) bond motifs is 4. The van der Waals surface area contributed by atoms with Crippen LogP contribution in [0.4, 0.5) is 0 Å². The molecule has 0 unspecified atom stereocenters. The van der Waals surface area contributed by atoms with Gasteiger partial charge in [0.1, 0.15) is 0 Å². The van der Waals surface area contributed by atoms with Crippen molar-refractivity contribution in [2.45, 2.75) is 0 Å². The second-order valence-corrected chi connectivity index (χ2v) is 14.9. The van der Waals surface area contributed by atoms with Gasteiger partial charge in [-0.3, -0.25) is 0 Å². The Kier molecular flexibility index (Phi) is 8.15. The Morgan fingerprint density at radius 2 is 0.655 bits per heavy atom. The zero-order chi connectivity index (χ0) is 38.4. The van der Waals surface area contributed by atoms with Crippen molar-refractivity contribution in [3.8, 4) is 67.5 Å². The summed E-state index contributed by atoms with van der Waals surface area (Å²) in [7, 11) is 0. The van der Waals surface area contributed by atoms with E-state index in [0.29, 0.717) is 17.5 Å². The number of rotatable bonds is 6. The average molecular weight is 738 g/mol. The van der Waals surface area contributed by atoms with Crippen LogP contribution in [0, 0.1) is 0 Å². The summed E-state index contributed by atoms with van der Waals surface area (Å²) in [6.45, 7) is 0. The first kappa shape index (κ1) is 33.6. The summed E-state index contributed by atoms with van der Waals surface area (Å²) < 4.78 is 0. The van der Waals surface area contributed by atoms with Gasteiger partial charge >= 0.3 is 0 Å². The molecular formula is C55H35N3. The average Bonchev–Trinajstić information content (AvgIpc) is 3.30. The predicted molar refractivity (Wildman–Crippen MR) is 242 cm³/mol. The topological polar surface area (TPSA) is 38.7 Å². The van der Waals surface area contributed by atoms with Gasteiger partial charge in [-0.05, 0) is 113 Å². The Balaban J connectivity index is 1.08. The number of benzene rings is 10. The van der Waals surface area contributed by atoms with E-state index in [9.17, 15) is 0 Å². The van der Waals surface area contributed by atoms with E-state index in [2.05, 4.69) is 206 Å². The van der Waals surface area contributed by atoms with Crippen molar-refractivity contribution in [1.82, 2.24) is 15.0 Å². The smallest absolute Gasteiger partial charge is 0.164 e. The predicted octanol–water partition coefficient (Wildman–Crippen LogP) is 14.5. The molecule has 1 aromatic heterocycles. The molecule has 0 aliphatic carbocycles. The van der Waals surface area contributed by atoms with Crippen molar-refractivity contribution in [1.29, 1.82) is 0 Å². The van der Waals surface area contributed by atoms with Crippen LogP contribution < -0.4 is 0 Å². The first-order valence-electron chi connectivity index (χ1n) is 19.7. The molecule has 270 valence electrons. The van der Waals surface area contributed by atoms with Crippen LogP contribution in [0.1, 0.15) is 0 Å². The lowest BCUT2D eigenvalue weighted by Crippen LogP contribution is -2.01. The van der Waals surface area contributed by atoms with Crippen molar-refractivity contribution in [3.05, 3.63) is 212 Å². The SMILES string of the molecule is c1ccc(-c2cccc(-c3nc(-c4ccc5cc(-c6cccc7ccccc67)ccc5c4)nc(-c4cc(-c5ccc6ccccc6c5)c5ccccc5c4)n3)c2)cc1. The fourth-order valence-corrected chi connectivity index (χ4v) is 8.30. The van der Waals surface area contributed by atoms with Gasteiger partial charge < -0.3 is 0 Å². The molecule has 3 nitrogen and oxygen atoms in total. The highest BCUT2D eigenvalue weighted by atomic mass is 15.0. The van der Waals surface area contributed by atoms with Crippen molar-refractivity contribution in [2.24, 2.45) is 0 Å². The third kappa shape index (κ3) is 6.16. The Labute approximate surface area is 336 Å². The van der Waals surface area contributed by atoms with Gasteiger partial charge in [0.05, 0.1) is 0 Å². The van der Waals surface area contributed by atoms with Crippen molar-refractivity contribution >= 4 is 43.1 Å². The molecule has 0 bridgehead atoms. The van der Waals surface area contributed by atoms with Crippen LogP contribution in [0.25, 0.3) is 111 Å². The number of nitrogens with zero attached hydrogens (tertiary/aromatic N) is 3. The zero-order valence-electron chi connectivity index (χ0n) is 31.5. The van der Waals surface area contributed by atoms with E-state index < -0.39 is 0 Å². The summed E-state index contributed by atoms with van der Waals surface area (Å²) in [6.07, 6.45) is 0. The van der Waals surface area contributed by atoms with Crippen LogP contribution in [0.3, 0.4) is 0 Å². The maximum absolute atomic E-state index is 5.26. The van der Waals surface area contributed by atoms with Gasteiger partial charge in [-0.1, -0.05) is 176 Å². The summed E-state index contributed by atoms with van der Waals surface area (Å²) in [4.78, 5) is 15.7. The van der Waals surface area contributed by atoms with Crippen LogP contribution in [-0.2, 0) is 0 Å². The Morgan fingerprint density at radius 1 is 0.207 bits per heavy atom. The van der Waals surface area contributed by atoms with Gasteiger partial charge in [-0.15, -0.1) is 0 Å². The Bertz CT molecular complexity index is 3340. The monoisotopic (exact) mass is 737 g/mol. The van der Waals surface area contributed by atoms with E-state index >= 15 is 0 Å².